The highest BCUT2D eigenvalue weighted by Gasteiger charge is 2.36. The second-order valence-electron chi connectivity index (χ2n) is 13.7. The molecule has 0 spiro atoms. The van der Waals surface area contributed by atoms with Gasteiger partial charge in [0.2, 0.25) is 0 Å². The van der Waals surface area contributed by atoms with Crippen LogP contribution in [0.25, 0.3) is 66.2 Å². The van der Waals surface area contributed by atoms with Gasteiger partial charge in [0.25, 0.3) is 0 Å². The van der Waals surface area contributed by atoms with E-state index in [0.717, 1.165) is 33.0 Å². The van der Waals surface area contributed by atoms with Gasteiger partial charge in [-0.25, -0.2) is 4.79 Å². The lowest BCUT2D eigenvalue weighted by Crippen LogP contribution is -2.14. The van der Waals surface area contributed by atoms with Crippen LogP contribution in [0, 0.1) is 0 Å². The van der Waals surface area contributed by atoms with Gasteiger partial charge in [0.05, 0.1) is 5.39 Å². The molecule has 2 heteroatoms. The molecule has 1 aromatic heterocycles. The van der Waals surface area contributed by atoms with Gasteiger partial charge in [-0.05, 0) is 102 Å². The molecule has 2 aliphatic rings. The predicted molar refractivity (Wildman–Crippen MR) is 186 cm³/mol. The van der Waals surface area contributed by atoms with E-state index in [1.165, 1.54) is 44.5 Å². The molecular weight excluding hydrogens is 548 g/mol. The molecule has 0 bridgehead atoms. The third kappa shape index (κ3) is 3.60. The van der Waals surface area contributed by atoms with Crippen molar-refractivity contribution >= 4 is 21.7 Å². The smallest absolute Gasteiger partial charge is 0.344 e. The van der Waals surface area contributed by atoms with Crippen molar-refractivity contribution in [2.45, 2.75) is 38.5 Å². The maximum Gasteiger partial charge on any atom is 0.344 e. The van der Waals surface area contributed by atoms with E-state index in [2.05, 4.69) is 137 Å². The summed E-state index contributed by atoms with van der Waals surface area (Å²) < 4.78 is 6.01. The first kappa shape index (κ1) is 26.2. The Labute approximate surface area is 262 Å². The Morgan fingerprint density at radius 1 is 0.422 bits per heavy atom. The molecular formula is C43H32O2. The van der Waals surface area contributed by atoms with Crippen LogP contribution in [0.5, 0.6) is 0 Å². The second kappa shape index (κ2) is 8.92. The zero-order chi connectivity index (χ0) is 30.7. The topological polar surface area (TPSA) is 30.2 Å². The standard InChI is InChI=1S/C43H32O2/c1-42(2)36-11-7-5-9-30(36)32-18-14-26(22-38(32)42)25-13-17-29-34-20-16-28(24-40(34)45-41(44)35(29)21-25)27-15-19-33-31-10-6-8-12-37(31)43(3,4)39(33)23-27/h5-24H,1-4H3. The molecule has 0 radical (unpaired) electrons. The van der Waals surface area contributed by atoms with E-state index in [0.29, 0.717) is 11.0 Å². The molecule has 0 fully saturated rings. The number of benzene rings is 6. The molecule has 0 saturated heterocycles. The fourth-order valence-corrected chi connectivity index (χ4v) is 8.06. The zero-order valence-corrected chi connectivity index (χ0v) is 25.9. The van der Waals surface area contributed by atoms with Gasteiger partial charge in [0.15, 0.2) is 0 Å². The Morgan fingerprint density at radius 3 is 1.44 bits per heavy atom. The Morgan fingerprint density at radius 2 is 0.867 bits per heavy atom. The third-order valence-corrected chi connectivity index (χ3v) is 10.5. The molecule has 9 rings (SSSR count). The van der Waals surface area contributed by atoms with Crippen molar-refractivity contribution in [1.82, 2.24) is 0 Å². The highest BCUT2D eigenvalue weighted by Crippen LogP contribution is 2.51. The van der Waals surface area contributed by atoms with E-state index < -0.39 is 0 Å². The zero-order valence-electron chi connectivity index (χ0n) is 25.9. The van der Waals surface area contributed by atoms with E-state index in [-0.39, 0.29) is 16.5 Å². The molecule has 0 unspecified atom stereocenters. The van der Waals surface area contributed by atoms with Gasteiger partial charge in [-0.3, -0.25) is 0 Å². The lowest BCUT2D eigenvalue weighted by molar-refractivity contribution is 0.570. The maximum atomic E-state index is 13.5. The molecule has 7 aromatic rings. The summed E-state index contributed by atoms with van der Waals surface area (Å²) in [6, 6.07) is 43.2. The van der Waals surface area contributed by atoms with Crippen LogP contribution in [0.15, 0.2) is 131 Å². The molecule has 0 saturated carbocycles. The lowest BCUT2D eigenvalue weighted by atomic mass is 9.81. The normalized spacial score (nSPS) is 15.1. The Bertz CT molecular complexity index is 2450. The summed E-state index contributed by atoms with van der Waals surface area (Å²) in [5, 5.41) is 2.46. The predicted octanol–water partition coefficient (Wildman–Crippen LogP) is 10.9. The van der Waals surface area contributed by atoms with Crippen molar-refractivity contribution in [1.29, 1.82) is 0 Å². The summed E-state index contributed by atoms with van der Waals surface area (Å²) in [6.45, 7) is 9.17. The largest absolute Gasteiger partial charge is 0.422 e. The molecule has 45 heavy (non-hydrogen) atoms. The molecule has 6 aromatic carbocycles. The number of rotatable bonds is 2. The highest BCUT2D eigenvalue weighted by atomic mass is 16.4. The van der Waals surface area contributed by atoms with Crippen LogP contribution in [0.3, 0.4) is 0 Å². The first-order valence-electron chi connectivity index (χ1n) is 15.7. The van der Waals surface area contributed by atoms with Crippen LogP contribution < -0.4 is 5.63 Å². The lowest BCUT2D eigenvalue weighted by Gasteiger charge is -2.22. The number of hydrogen-bond acceptors (Lipinski definition) is 2. The van der Waals surface area contributed by atoms with E-state index in [1.807, 2.05) is 12.1 Å². The summed E-state index contributed by atoms with van der Waals surface area (Å²) in [5.74, 6) is 0. The van der Waals surface area contributed by atoms with Crippen LogP contribution in [0.2, 0.25) is 0 Å². The summed E-state index contributed by atoms with van der Waals surface area (Å²) in [5.41, 5.74) is 15.0. The molecule has 0 amide bonds. The van der Waals surface area contributed by atoms with Crippen LogP contribution in [0.4, 0.5) is 0 Å². The fraction of sp³-hybridized carbons (Fsp3) is 0.140. The molecule has 0 N–H and O–H groups in total. The first-order valence-corrected chi connectivity index (χ1v) is 15.7. The Kier molecular flexibility index (Phi) is 5.20. The van der Waals surface area contributed by atoms with Gasteiger partial charge in [0.1, 0.15) is 5.58 Å². The summed E-state index contributed by atoms with van der Waals surface area (Å²) in [4.78, 5) is 13.5. The summed E-state index contributed by atoms with van der Waals surface area (Å²) >= 11 is 0. The molecule has 216 valence electrons. The highest BCUT2D eigenvalue weighted by molar-refractivity contribution is 6.06. The average Bonchev–Trinajstić information content (AvgIpc) is 3.43. The minimum atomic E-state index is -0.309. The summed E-state index contributed by atoms with van der Waals surface area (Å²) in [7, 11) is 0. The first-order chi connectivity index (χ1) is 21.7. The van der Waals surface area contributed by atoms with Crippen molar-refractivity contribution in [3.05, 3.63) is 154 Å². The number of hydrogen-bond donors (Lipinski definition) is 0. The monoisotopic (exact) mass is 580 g/mol. The molecule has 0 aliphatic heterocycles. The van der Waals surface area contributed by atoms with Gasteiger partial charge < -0.3 is 4.42 Å². The molecule has 1 heterocycles. The SMILES string of the molecule is CC1(C)c2ccccc2-c2ccc(-c3ccc4c(c3)oc(=O)c3cc(-c5ccc6c(c5)C(C)(C)c5ccccc5-6)ccc34)cc21. The van der Waals surface area contributed by atoms with E-state index in [9.17, 15) is 4.79 Å². The van der Waals surface area contributed by atoms with E-state index in [4.69, 9.17) is 4.42 Å². The summed E-state index contributed by atoms with van der Waals surface area (Å²) in [6.07, 6.45) is 0. The van der Waals surface area contributed by atoms with E-state index in [1.54, 1.807) is 0 Å². The van der Waals surface area contributed by atoms with Crippen molar-refractivity contribution < 1.29 is 4.42 Å². The molecule has 2 nitrogen and oxygen atoms in total. The van der Waals surface area contributed by atoms with Gasteiger partial charge in [0, 0.05) is 16.2 Å². The van der Waals surface area contributed by atoms with Crippen molar-refractivity contribution in [3.8, 4) is 44.5 Å². The minimum absolute atomic E-state index is 0.0716. The van der Waals surface area contributed by atoms with Crippen LogP contribution in [-0.4, -0.2) is 0 Å². The van der Waals surface area contributed by atoms with Crippen molar-refractivity contribution in [2.24, 2.45) is 0 Å². The molecule has 2 aliphatic carbocycles. The quantitative estimate of drug-likeness (QED) is 0.150. The Hall–Kier alpha value is -5.21. The van der Waals surface area contributed by atoms with Crippen LogP contribution in [-0.2, 0) is 10.8 Å². The van der Waals surface area contributed by atoms with E-state index >= 15 is 0 Å². The maximum absolute atomic E-state index is 13.5. The van der Waals surface area contributed by atoms with Gasteiger partial charge in [-0.2, -0.15) is 0 Å². The van der Waals surface area contributed by atoms with Crippen molar-refractivity contribution in [2.75, 3.05) is 0 Å². The van der Waals surface area contributed by atoms with Crippen LogP contribution in [0.1, 0.15) is 49.9 Å². The fourth-order valence-electron chi connectivity index (χ4n) is 8.06. The molecule has 0 atom stereocenters. The minimum Gasteiger partial charge on any atom is -0.422 e. The van der Waals surface area contributed by atoms with Crippen LogP contribution >= 0.6 is 0 Å². The average molecular weight is 581 g/mol. The van der Waals surface area contributed by atoms with Gasteiger partial charge >= 0.3 is 5.63 Å². The Balaban J connectivity index is 1.12. The van der Waals surface area contributed by atoms with Gasteiger partial charge in [-0.15, -0.1) is 0 Å². The van der Waals surface area contributed by atoms with Gasteiger partial charge in [-0.1, -0.05) is 119 Å². The number of fused-ring (bicyclic) bond motifs is 9. The second-order valence-corrected chi connectivity index (χ2v) is 13.7. The third-order valence-electron chi connectivity index (χ3n) is 10.5. The van der Waals surface area contributed by atoms with Crippen molar-refractivity contribution in [3.63, 3.8) is 0 Å².